The van der Waals surface area contributed by atoms with E-state index < -0.39 is 0 Å². The van der Waals surface area contributed by atoms with E-state index in [0.717, 1.165) is 6.04 Å². The van der Waals surface area contributed by atoms with Crippen LogP contribution in [0.15, 0.2) is 23.8 Å². The summed E-state index contributed by atoms with van der Waals surface area (Å²) in [6.45, 7) is 7.03. The number of benzene rings is 1. The molecule has 1 aromatic carbocycles. The minimum Gasteiger partial charge on any atom is -0.297 e. The Morgan fingerprint density at radius 3 is 2.58 bits per heavy atom. The summed E-state index contributed by atoms with van der Waals surface area (Å²) in [4.78, 5) is 2.67. The van der Waals surface area contributed by atoms with Crippen molar-refractivity contribution in [2.24, 2.45) is 0 Å². The van der Waals surface area contributed by atoms with Gasteiger partial charge >= 0.3 is 0 Å². The highest BCUT2D eigenvalue weighted by Gasteiger charge is 2.28. The molecule has 0 aromatic heterocycles. The maximum absolute atomic E-state index is 2.67. The maximum atomic E-state index is 2.67. The Labute approximate surface area is 117 Å². The topological polar surface area (TPSA) is 3.24 Å². The molecule has 1 aromatic rings. The lowest BCUT2D eigenvalue weighted by Gasteiger charge is -2.42. The molecule has 1 aliphatic heterocycles. The maximum Gasteiger partial charge on any atom is 0.0310 e. The Morgan fingerprint density at radius 2 is 1.89 bits per heavy atom. The van der Waals surface area contributed by atoms with Crippen LogP contribution in [0, 0.1) is 13.8 Å². The Kier molecular flexibility index (Phi) is 3.74. The number of rotatable bonds is 2. The standard InChI is InChI=1S/C18H25N/c1-14-8-9-16(12-15(14)2)13-17-6-3-4-7-18(17)19-10-5-11-19/h8-9,12-13,18H,3-7,10-11H2,1-2H3. The molecule has 1 saturated heterocycles. The normalized spacial score (nSPS) is 26.4. The minimum absolute atomic E-state index is 0.740. The average Bonchev–Trinajstić information content (AvgIpc) is 2.34. The molecule has 2 fully saturated rings. The van der Waals surface area contributed by atoms with Crippen molar-refractivity contribution in [2.75, 3.05) is 13.1 Å². The fourth-order valence-corrected chi connectivity index (χ4v) is 3.33. The van der Waals surface area contributed by atoms with Crippen LogP contribution in [0.4, 0.5) is 0 Å². The predicted octanol–water partition coefficient (Wildman–Crippen LogP) is 4.34. The summed E-state index contributed by atoms with van der Waals surface area (Å²) in [5.41, 5.74) is 5.87. The number of hydrogen-bond donors (Lipinski definition) is 0. The highest BCUT2D eigenvalue weighted by atomic mass is 15.2. The molecule has 0 radical (unpaired) electrons. The summed E-state index contributed by atoms with van der Waals surface area (Å²) in [5, 5.41) is 0. The second-order valence-electron chi connectivity index (χ2n) is 6.21. The van der Waals surface area contributed by atoms with Gasteiger partial charge in [-0.2, -0.15) is 0 Å². The summed E-state index contributed by atoms with van der Waals surface area (Å²) in [6, 6.07) is 7.61. The van der Waals surface area contributed by atoms with E-state index in [9.17, 15) is 0 Å². The molecule has 2 aliphatic rings. The zero-order chi connectivity index (χ0) is 13.2. The number of likely N-dealkylation sites (tertiary alicyclic amines) is 1. The van der Waals surface area contributed by atoms with E-state index >= 15 is 0 Å². The first-order valence-corrected chi connectivity index (χ1v) is 7.76. The molecule has 0 amide bonds. The summed E-state index contributed by atoms with van der Waals surface area (Å²) >= 11 is 0. The van der Waals surface area contributed by atoms with Gasteiger partial charge in [0.25, 0.3) is 0 Å². The summed E-state index contributed by atoms with van der Waals surface area (Å²) in [7, 11) is 0. The van der Waals surface area contributed by atoms with Crippen molar-refractivity contribution in [3.05, 3.63) is 40.5 Å². The van der Waals surface area contributed by atoms with E-state index in [2.05, 4.69) is 43.0 Å². The van der Waals surface area contributed by atoms with Crippen LogP contribution in [-0.4, -0.2) is 24.0 Å². The van der Waals surface area contributed by atoms with Crippen LogP contribution >= 0.6 is 0 Å². The zero-order valence-electron chi connectivity index (χ0n) is 12.3. The fourth-order valence-electron chi connectivity index (χ4n) is 3.33. The van der Waals surface area contributed by atoms with Gasteiger partial charge in [-0.3, -0.25) is 4.90 Å². The molecule has 1 atom stereocenters. The lowest BCUT2D eigenvalue weighted by Crippen LogP contribution is -2.46. The van der Waals surface area contributed by atoms with Gasteiger partial charge in [-0.25, -0.2) is 0 Å². The van der Waals surface area contributed by atoms with Crippen molar-refractivity contribution in [1.82, 2.24) is 4.90 Å². The summed E-state index contributed by atoms with van der Waals surface area (Å²) in [6.07, 6.45) is 9.32. The Morgan fingerprint density at radius 1 is 1.05 bits per heavy atom. The van der Waals surface area contributed by atoms with Gasteiger partial charge in [-0.15, -0.1) is 0 Å². The molecule has 0 spiro atoms. The molecule has 1 heterocycles. The van der Waals surface area contributed by atoms with Crippen LogP contribution in [0.2, 0.25) is 0 Å². The van der Waals surface area contributed by atoms with E-state index in [1.54, 1.807) is 5.57 Å². The highest BCUT2D eigenvalue weighted by Crippen LogP contribution is 2.32. The largest absolute Gasteiger partial charge is 0.297 e. The SMILES string of the molecule is Cc1ccc(C=C2CCCCC2N2CCC2)cc1C. The second kappa shape index (κ2) is 5.50. The molecule has 1 saturated carbocycles. The second-order valence-corrected chi connectivity index (χ2v) is 6.21. The summed E-state index contributed by atoms with van der Waals surface area (Å²) < 4.78 is 0. The van der Waals surface area contributed by atoms with Gasteiger partial charge in [0, 0.05) is 6.04 Å². The summed E-state index contributed by atoms with van der Waals surface area (Å²) in [5.74, 6) is 0. The molecule has 1 unspecified atom stereocenters. The van der Waals surface area contributed by atoms with Crippen molar-refractivity contribution in [3.63, 3.8) is 0 Å². The van der Waals surface area contributed by atoms with Gasteiger partial charge in [0.2, 0.25) is 0 Å². The molecular weight excluding hydrogens is 230 g/mol. The molecule has 1 nitrogen and oxygen atoms in total. The van der Waals surface area contributed by atoms with E-state index in [4.69, 9.17) is 0 Å². The smallest absolute Gasteiger partial charge is 0.0310 e. The van der Waals surface area contributed by atoms with E-state index in [-0.39, 0.29) is 0 Å². The first-order valence-electron chi connectivity index (χ1n) is 7.76. The minimum atomic E-state index is 0.740. The highest BCUT2D eigenvalue weighted by molar-refractivity contribution is 5.56. The third kappa shape index (κ3) is 2.76. The number of hydrogen-bond acceptors (Lipinski definition) is 1. The van der Waals surface area contributed by atoms with Gasteiger partial charge in [-0.1, -0.05) is 36.3 Å². The van der Waals surface area contributed by atoms with E-state index in [1.165, 1.54) is 61.9 Å². The van der Waals surface area contributed by atoms with Crippen LogP contribution in [0.5, 0.6) is 0 Å². The van der Waals surface area contributed by atoms with Crippen LogP contribution in [-0.2, 0) is 0 Å². The van der Waals surface area contributed by atoms with Gasteiger partial charge in [0.15, 0.2) is 0 Å². The first-order chi connectivity index (χ1) is 9.24. The van der Waals surface area contributed by atoms with Crippen molar-refractivity contribution >= 4 is 6.08 Å². The molecule has 0 N–H and O–H groups in total. The number of nitrogens with zero attached hydrogens (tertiary/aromatic N) is 1. The van der Waals surface area contributed by atoms with E-state index in [0.29, 0.717) is 0 Å². The lowest BCUT2D eigenvalue weighted by molar-refractivity contribution is 0.121. The number of aryl methyl sites for hydroxylation is 2. The molecule has 102 valence electrons. The van der Waals surface area contributed by atoms with Crippen LogP contribution in [0.1, 0.15) is 48.8 Å². The monoisotopic (exact) mass is 255 g/mol. The molecular formula is C18H25N. The predicted molar refractivity (Wildman–Crippen MR) is 82.3 cm³/mol. The molecule has 1 heteroatoms. The quantitative estimate of drug-likeness (QED) is 0.760. The lowest BCUT2D eigenvalue weighted by atomic mass is 9.86. The van der Waals surface area contributed by atoms with Crippen LogP contribution in [0.3, 0.4) is 0 Å². The van der Waals surface area contributed by atoms with Crippen molar-refractivity contribution in [3.8, 4) is 0 Å². The van der Waals surface area contributed by atoms with Crippen LogP contribution < -0.4 is 0 Å². The third-order valence-corrected chi connectivity index (χ3v) is 4.84. The van der Waals surface area contributed by atoms with E-state index in [1.807, 2.05) is 0 Å². The molecule has 1 aliphatic carbocycles. The van der Waals surface area contributed by atoms with Crippen molar-refractivity contribution in [1.29, 1.82) is 0 Å². The van der Waals surface area contributed by atoms with Gasteiger partial charge in [0.05, 0.1) is 0 Å². The van der Waals surface area contributed by atoms with Gasteiger partial charge in [0.1, 0.15) is 0 Å². The Hall–Kier alpha value is -1.08. The molecule has 19 heavy (non-hydrogen) atoms. The van der Waals surface area contributed by atoms with Crippen molar-refractivity contribution < 1.29 is 0 Å². The molecule has 0 bridgehead atoms. The third-order valence-electron chi connectivity index (χ3n) is 4.84. The fraction of sp³-hybridized carbons (Fsp3) is 0.556. The zero-order valence-corrected chi connectivity index (χ0v) is 12.3. The Bertz CT molecular complexity index is 482. The van der Waals surface area contributed by atoms with Crippen LogP contribution in [0.25, 0.3) is 6.08 Å². The van der Waals surface area contributed by atoms with Gasteiger partial charge in [-0.05, 0) is 69.3 Å². The average molecular weight is 255 g/mol. The first kappa shape index (κ1) is 12.9. The van der Waals surface area contributed by atoms with Crippen molar-refractivity contribution in [2.45, 2.75) is 52.0 Å². The van der Waals surface area contributed by atoms with Gasteiger partial charge < -0.3 is 0 Å². The molecule has 3 rings (SSSR count). The Balaban J connectivity index is 1.84.